The minimum absolute atomic E-state index is 0.327. The van der Waals surface area contributed by atoms with Crippen molar-refractivity contribution in [2.75, 3.05) is 38.1 Å². The average Bonchev–Trinajstić information content (AvgIpc) is 2.62. The van der Waals surface area contributed by atoms with Crippen molar-refractivity contribution >= 4 is 22.6 Å². The summed E-state index contributed by atoms with van der Waals surface area (Å²) in [5.74, 6) is -0.327. The first-order chi connectivity index (χ1) is 12.5. The molecule has 1 heterocycles. The van der Waals surface area contributed by atoms with Gasteiger partial charge in [-0.3, -0.25) is 4.98 Å². The van der Waals surface area contributed by atoms with Crippen molar-refractivity contribution in [2.24, 2.45) is 0 Å². The third-order valence-electron chi connectivity index (χ3n) is 4.65. The number of esters is 1. The van der Waals surface area contributed by atoms with Gasteiger partial charge in [0, 0.05) is 18.1 Å². The second-order valence-corrected chi connectivity index (χ2v) is 6.55. The molecule has 0 aliphatic carbocycles. The Kier molecular flexibility index (Phi) is 7.39. The zero-order valence-electron chi connectivity index (χ0n) is 16.7. The Morgan fingerprint density at radius 3 is 2.58 bits per heavy atom. The average molecular weight is 357 g/mol. The van der Waals surface area contributed by atoms with Crippen LogP contribution in [-0.4, -0.2) is 48.6 Å². The maximum Gasteiger partial charge on any atom is 0.341 e. The number of anilines is 1. The number of hydrogen-bond acceptors (Lipinski definition) is 5. The highest BCUT2D eigenvalue weighted by molar-refractivity contribution is 6.05. The minimum atomic E-state index is -0.327. The van der Waals surface area contributed by atoms with Crippen LogP contribution in [0.15, 0.2) is 18.3 Å². The number of pyridine rings is 1. The van der Waals surface area contributed by atoms with Crippen molar-refractivity contribution in [3.8, 4) is 0 Å². The zero-order valence-corrected chi connectivity index (χ0v) is 16.7. The molecule has 5 nitrogen and oxygen atoms in total. The van der Waals surface area contributed by atoms with Gasteiger partial charge in [-0.1, -0.05) is 25.5 Å². The van der Waals surface area contributed by atoms with Gasteiger partial charge in [0.15, 0.2) is 0 Å². The summed E-state index contributed by atoms with van der Waals surface area (Å²) in [6, 6.07) is 4.20. The topological polar surface area (TPSA) is 54.5 Å². The molecule has 0 bridgehead atoms. The van der Waals surface area contributed by atoms with Crippen molar-refractivity contribution < 1.29 is 9.53 Å². The Morgan fingerprint density at radius 2 is 1.92 bits per heavy atom. The normalized spacial score (nSPS) is 11.2. The lowest BCUT2D eigenvalue weighted by molar-refractivity contribution is 0.0527. The number of carbonyl (C=O) groups is 1. The van der Waals surface area contributed by atoms with Gasteiger partial charge in [-0.05, 0) is 58.5 Å². The van der Waals surface area contributed by atoms with Crippen LogP contribution in [0.1, 0.15) is 48.7 Å². The lowest BCUT2D eigenvalue weighted by Crippen LogP contribution is -2.25. The number of ether oxygens (including phenoxy) is 1. The number of fused-ring (bicyclic) bond motifs is 1. The summed E-state index contributed by atoms with van der Waals surface area (Å²) in [7, 11) is 0. The Balaban J connectivity index is 2.33. The van der Waals surface area contributed by atoms with Gasteiger partial charge in [-0.2, -0.15) is 0 Å². The van der Waals surface area contributed by atoms with E-state index in [-0.39, 0.29) is 5.97 Å². The molecule has 1 aromatic heterocycles. The fourth-order valence-electron chi connectivity index (χ4n) is 3.27. The molecule has 0 spiro atoms. The van der Waals surface area contributed by atoms with Crippen LogP contribution in [0.25, 0.3) is 10.9 Å². The fourth-order valence-corrected chi connectivity index (χ4v) is 3.27. The molecule has 1 aromatic carbocycles. The molecule has 0 fully saturated rings. The van der Waals surface area contributed by atoms with E-state index < -0.39 is 0 Å². The van der Waals surface area contributed by atoms with Crippen LogP contribution >= 0.6 is 0 Å². The largest absolute Gasteiger partial charge is 0.462 e. The van der Waals surface area contributed by atoms with E-state index in [0.717, 1.165) is 60.3 Å². The third-order valence-corrected chi connectivity index (χ3v) is 4.65. The number of rotatable bonds is 9. The van der Waals surface area contributed by atoms with E-state index >= 15 is 0 Å². The summed E-state index contributed by atoms with van der Waals surface area (Å²) in [5, 5.41) is 4.47. The van der Waals surface area contributed by atoms with Gasteiger partial charge in [-0.15, -0.1) is 0 Å². The highest BCUT2D eigenvalue weighted by Gasteiger charge is 2.17. The van der Waals surface area contributed by atoms with Crippen LogP contribution in [-0.2, 0) is 4.74 Å². The molecule has 142 valence electrons. The van der Waals surface area contributed by atoms with E-state index in [1.165, 1.54) is 0 Å². The fraction of sp³-hybridized carbons (Fsp3) is 0.524. The first-order valence-corrected chi connectivity index (χ1v) is 9.55. The molecule has 0 saturated heterocycles. The summed E-state index contributed by atoms with van der Waals surface area (Å²) in [6.07, 6.45) is 2.65. The highest BCUT2D eigenvalue weighted by Crippen LogP contribution is 2.29. The van der Waals surface area contributed by atoms with Gasteiger partial charge in [0.1, 0.15) is 5.56 Å². The third kappa shape index (κ3) is 4.73. The SMILES string of the molecule is CCOC(=O)c1cnc2c(C)cc(C)cc2c1NCCCN(CC)CC. The second kappa shape index (κ2) is 9.53. The monoisotopic (exact) mass is 357 g/mol. The van der Waals surface area contributed by atoms with E-state index in [9.17, 15) is 4.79 Å². The maximum absolute atomic E-state index is 12.4. The Labute approximate surface area is 156 Å². The summed E-state index contributed by atoms with van der Waals surface area (Å²) >= 11 is 0. The molecule has 0 unspecified atom stereocenters. The molecular formula is C21H31N3O2. The number of carbonyl (C=O) groups excluding carboxylic acids is 1. The smallest absolute Gasteiger partial charge is 0.341 e. The van der Waals surface area contributed by atoms with E-state index in [1.54, 1.807) is 6.20 Å². The molecule has 26 heavy (non-hydrogen) atoms. The quantitative estimate of drug-likeness (QED) is 0.539. The standard InChI is InChI=1S/C21H31N3O2/c1-6-24(7-2)11-9-10-22-20-17-13-15(4)12-16(5)19(17)23-14-18(20)21(25)26-8-3/h12-14H,6-11H2,1-5H3,(H,22,23). The summed E-state index contributed by atoms with van der Waals surface area (Å²) in [5.41, 5.74) is 4.53. The Hall–Kier alpha value is -2.14. The van der Waals surface area contributed by atoms with Gasteiger partial charge in [0.2, 0.25) is 0 Å². The van der Waals surface area contributed by atoms with Crippen molar-refractivity contribution in [3.05, 3.63) is 35.0 Å². The number of nitrogens with one attached hydrogen (secondary N) is 1. The Morgan fingerprint density at radius 1 is 1.19 bits per heavy atom. The first kappa shape index (κ1) is 20.2. The van der Waals surface area contributed by atoms with Crippen molar-refractivity contribution in [1.29, 1.82) is 0 Å². The number of aryl methyl sites for hydroxylation is 2. The molecule has 0 aliphatic heterocycles. The van der Waals surface area contributed by atoms with Crippen molar-refractivity contribution in [1.82, 2.24) is 9.88 Å². The van der Waals surface area contributed by atoms with E-state index in [4.69, 9.17) is 4.74 Å². The molecule has 0 atom stereocenters. The van der Waals surface area contributed by atoms with E-state index in [2.05, 4.69) is 55.0 Å². The first-order valence-electron chi connectivity index (χ1n) is 9.55. The van der Waals surface area contributed by atoms with Crippen LogP contribution in [0.5, 0.6) is 0 Å². The second-order valence-electron chi connectivity index (χ2n) is 6.55. The van der Waals surface area contributed by atoms with Crippen LogP contribution in [0.4, 0.5) is 5.69 Å². The molecule has 2 rings (SSSR count). The predicted octanol–water partition coefficient (Wildman–Crippen LogP) is 4.17. The van der Waals surface area contributed by atoms with E-state index in [1.807, 2.05) is 6.92 Å². The molecule has 0 aliphatic rings. The number of benzene rings is 1. The molecule has 5 heteroatoms. The van der Waals surface area contributed by atoms with Gasteiger partial charge in [-0.25, -0.2) is 4.79 Å². The number of aromatic nitrogens is 1. The van der Waals surface area contributed by atoms with Crippen LogP contribution in [0, 0.1) is 13.8 Å². The van der Waals surface area contributed by atoms with Crippen LogP contribution in [0.2, 0.25) is 0 Å². The summed E-state index contributed by atoms with van der Waals surface area (Å²) in [4.78, 5) is 19.3. The molecule has 2 aromatic rings. The maximum atomic E-state index is 12.4. The molecule has 0 amide bonds. The van der Waals surface area contributed by atoms with Crippen molar-refractivity contribution in [3.63, 3.8) is 0 Å². The molecule has 1 N–H and O–H groups in total. The van der Waals surface area contributed by atoms with Crippen molar-refractivity contribution in [2.45, 2.75) is 41.0 Å². The number of hydrogen-bond donors (Lipinski definition) is 1. The van der Waals surface area contributed by atoms with Gasteiger partial charge >= 0.3 is 5.97 Å². The van der Waals surface area contributed by atoms with Gasteiger partial charge in [0.05, 0.1) is 17.8 Å². The Bertz CT molecular complexity index is 754. The minimum Gasteiger partial charge on any atom is -0.462 e. The molecule has 0 saturated carbocycles. The molecule has 0 radical (unpaired) electrons. The summed E-state index contributed by atoms with van der Waals surface area (Å²) in [6.45, 7) is 14.6. The number of nitrogens with zero attached hydrogens (tertiary/aromatic N) is 2. The highest BCUT2D eigenvalue weighted by atomic mass is 16.5. The molecular weight excluding hydrogens is 326 g/mol. The predicted molar refractivity (Wildman–Crippen MR) is 108 cm³/mol. The van der Waals surface area contributed by atoms with E-state index in [0.29, 0.717) is 12.2 Å². The van der Waals surface area contributed by atoms with Gasteiger partial charge < -0.3 is 15.0 Å². The lowest BCUT2D eigenvalue weighted by atomic mass is 10.0. The van der Waals surface area contributed by atoms with Crippen LogP contribution < -0.4 is 5.32 Å². The lowest BCUT2D eigenvalue weighted by Gasteiger charge is -2.19. The van der Waals surface area contributed by atoms with Gasteiger partial charge in [0.25, 0.3) is 0 Å². The van der Waals surface area contributed by atoms with Crippen LogP contribution in [0.3, 0.4) is 0 Å². The summed E-state index contributed by atoms with van der Waals surface area (Å²) < 4.78 is 5.23. The zero-order chi connectivity index (χ0) is 19.1.